The second-order valence-electron chi connectivity index (χ2n) is 4.78. The van der Waals surface area contributed by atoms with Crippen molar-refractivity contribution in [2.45, 2.75) is 25.3 Å². The maximum atomic E-state index is 7.52. The highest BCUT2D eigenvalue weighted by molar-refractivity contribution is 6.07. The molecule has 0 unspecified atom stereocenters. The molecule has 0 amide bonds. The molecule has 1 saturated carbocycles. The third-order valence-corrected chi connectivity index (χ3v) is 3.48. The summed E-state index contributed by atoms with van der Waals surface area (Å²) in [6.07, 6.45) is 8.65. The van der Waals surface area contributed by atoms with Crippen molar-refractivity contribution in [3.05, 3.63) is 42.4 Å². The molecule has 4 nitrogen and oxygen atoms in total. The van der Waals surface area contributed by atoms with Crippen LogP contribution in [0.1, 0.15) is 25.0 Å². The third kappa shape index (κ3) is 2.47. The largest absolute Gasteiger partial charge is 0.388 e. The molecule has 1 aliphatic rings. The molecule has 1 fully saturated rings. The summed E-state index contributed by atoms with van der Waals surface area (Å²) >= 11 is 0. The van der Waals surface area contributed by atoms with E-state index in [4.69, 9.17) is 5.41 Å². The molecule has 1 aromatic heterocycles. The highest BCUT2D eigenvalue weighted by Gasteiger charge is 2.15. The van der Waals surface area contributed by atoms with Gasteiger partial charge in [0.2, 0.25) is 0 Å². The summed E-state index contributed by atoms with van der Waals surface area (Å²) in [6, 6.07) is 8.33. The number of nitrogens with one attached hydrogen (secondary N) is 2. The van der Waals surface area contributed by atoms with Crippen LogP contribution in [0, 0.1) is 5.41 Å². The normalized spacial score (nSPS) is 16.1. The zero-order valence-corrected chi connectivity index (χ0v) is 10.6. The third-order valence-electron chi connectivity index (χ3n) is 3.48. The Labute approximate surface area is 112 Å². The van der Waals surface area contributed by atoms with E-state index >= 15 is 0 Å². The minimum atomic E-state index is 0.559. The van der Waals surface area contributed by atoms with Crippen molar-refractivity contribution < 1.29 is 0 Å². The SMILES string of the molecule is N=C/C(=C\NC1CCC1)c1cnc2ccccc2n1. The number of allylic oxidation sites excluding steroid dienone is 1. The summed E-state index contributed by atoms with van der Waals surface area (Å²) < 4.78 is 0. The molecule has 1 aliphatic carbocycles. The smallest absolute Gasteiger partial charge is 0.0922 e. The van der Waals surface area contributed by atoms with Crippen LogP contribution in [-0.4, -0.2) is 22.2 Å². The van der Waals surface area contributed by atoms with Crippen LogP contribution in [0.5, 0.6) is 0 Å². The van der Waals surface area contributed by atoms with Crippen LogP contribution in [-0.2, 0) is 0 Å². The van der Waals surface area contributed by atoms with E-state index in [0.717, 1.165) is 22.3 Å². The fraction of sp³-hybridized carbons (Fsp3) is 0.267. The number of rotatable bonds is 4. The number of para-hydroxylation sites is 2. The predicted molar refractivity (Wildman–Crippen MR) is 77.1 cm³/mol. The van der Waals surface area contributed by atoms with Crippen molar-refractivity contribution in [1.82, 2.24) is 15.3 Å². The van der Waals surface area contributed by atoms with Gasteiger partial charge >= 0.3 is 0 Å². The van der Waals surface area contributed by atoms with E-state index in [1.807, 2.05) is 30.5 Å². The van der Waals surface area contributed by atoms with Crippen LogP contribution >= 0.6 is 0 Å². The topological polar surface area (TPSA) is 61.7 Å². The van der Waals surface area contributed by atoms with E-state index in [9.17, 15) is 0 Å². The molecule has 0 atom stereocenters. The fourth-order valence-corrected chi connectivity index (χ4v) is 2.07. The van der Waals surface area contributed by atoms with Crippen molar-refractivity contribution >= 4 is 22.8 Å². The highest BCUT2D eigenvalue weighted by atomic mass is 14.9. The van der Waals surface area contributed by atoms with Gasteiger partial charge < -0.3 is 10.7 Å². The summed E-state index contributed by atoms with van der Waals surface area (Å²) in [5.74, 6) is 0. The first-order valence-corrected chi connectivity index (χ1v) is 6.55. The second-order valence-corrected chi connectivity index (χ2v) is 4.78. The van der Waals surface area contributed by atoms with Crippen LogP contribution in [0.4, 0.5) is 0 Å². The molecule has 19 heavy (non-hydrogen) atoms. The minimum absolute atomic E-state index is 0.559. The molecule has 96 valence electrons. The van der Waals surface area contributed by atoms with E-state index in [1.165, 1.54) is 25.5 Å². The molecule has 0 saturated heterocycles. The van der Waals surface area contributed by atoms with Gasteiger partial charge in [-0.15, -0.1) is 0 Å². The Bertz CT molecular complexity index is 629. The Hall–Kier alpha value is -2.23. The quantitative estimate of drug-likeness (QED) is 0.822. The van der Waals surface area contributed by atoms with Gasteiger partial charge in [0.25, 0.3) is 0 Å². The lowest BCUT2D eigenvalue weighted by Crippen LogP contribution is -2.31. The van der Waals surface area contributed by atoms with Gasteiger partial charge in [0, 0.05) is 24.0 Å². The standard InChI is InChI=1S/C15H16N4/c16-8-11(9-17-12-4-3-5-12)15-10-18-13-6-1-2-7-14(13)19-15/h1-2,6-10,12,16-17H,3-5H2/b11-9+,16-8?. The minimum Gasteiger partial charge on any atom is -0.388 e. The summed E-state index contributed by atoms with van der Waals surface area (Å²) in [6.45, 7) is 0. The number of hydrogen-bond acceptors (Lipinski definition) is 4. The average Bonchev–Trinajstić information content (AvgIpc) is 2.41. The number of aromatic nitrogens is 2. The zero-order valence-electron chi connectivity index (χ0n) is 10.6. The van der Waals surface area contributed by atoms with Crippen molar-refractivity contribution in [3.8, 4) is 0 Å². The van der Waals surface area contributed by atoms with Crippen LogP contribution in [0.25, 0.3) is 16.6 Å². The van der Waals surface area contributed by atoms with Gasteiger partial charge in [-0.3, -0.25) is 4.98 Å². The maximum Gasteiger partial charge on any atom is 0.0922 e. The highest BCUT2D eigenvalue weighted by Crippen LogP contribution is 2.19. The molecule has 0 spiro atoms. The molecular weight excluding hydrogens is 236 g/mol. The van der Waals surface area contributed by atoms with Crippen LogP contribution < -0.4 is 5.32 Å². The Morgan fingerprint density at radius 1 is 1.26 bits per heavy atom. The van der Waals surface area contributed by atoms with E-state index in [-0.39, 0.29) is 0 Å². The Morgan fingerprint density at radius 3 is 2.74 bits per heavy atom. The summed E-state index contributed by atoms with van der Waals surface area (Å²) in [7, 11) is 0. The molecule has 2 N–H and O–H groups in total. The van der Waals surface area contributed by atoms with Crippen LogP contribution in [0.15, 0.2) is 36.7 Å². The monoisotopic (exact) mass is 252 g/mol. The summed E-state index contributed by atoms with van der Waals surface area (Å²) in [5.41, 5.74) is 3.24. The molecule has 4 heteroatoms. The first-order chi connectivity index (χ1) is 9.36. The van der Waals surface area contributed by atoms with Crippen molar-refractivity contribution in [1.29, 1.82) is 5.41 Å². The number of benzene rings is 1. The van der Waals surface area contributed by atoms with Gasteiger partial charge in [-0.2, -0.15) is 0 Å². The van der Waals surface area contributed by atoms with Crippen LogP contribution in [0.2, 0.25) is 0 Å². The molecular formula is C15H16N4. The van der Waals surface area contributed by atoms with Crippen molar-refractivity contribution in [2.24, 2.45) is 0 Å². The summed E-state index contributed by atoms with van der Waals surface area (Å²) in [4.78, 5) is 8.92. The molecule has 2 aromatic rings. The number of fused-ring (bicyclic) bond motifs is 1. The molecule has 1 heterocycles. The van der Waals surface area contributed by atoms with Crippen molar-refractivity contribution in [3.63, 3.8) is 0 Å². The van der Waals surface area contributed by atoms with Crippen molar-refractivity contribution in [2.75, 3.05) is 0 Å². The molecule has 1 aromatic carbocycles. The molecule has 0 aliphatic heterocycles. The van der Waals surface area contributed by atoms with E-state index in [1.54, 1.807) is 6.20 Å². The number of hydrogen-bond donors (Lipinski definition) is 2. The molecule has 0 radical (unpaired) electrons. The summed E-state index contributed by atoms with van der Waals surface area (Å²) in [5, 5.41) is 10.9. The van der Waals surface area contributed by atoms with E-state index in [0.29, 0.717) is 6.04 Å². The lowest BCUT2D eigenvalue weighted by Gasteiger charge is -2.25. The van der Waals surface area contributed by atoms with Gasteiger partial charge in [-0.25, -0.2) is 4.98 Å². The number of nitrogens with zero attached hydrogens (tertiary/aromatic N) is 2. The Morgan fingerprint density at radius 2 is 2.05 bits per heavy atom. The Kier molecular flexibility index (Phi) is 3.23. The molecule has 0 bridgehead atoms. The van der Waals surface area contributed by atoms with Gasteiger partial charge in [0.1, 0.15) is 0 Å². The fourth-order valence-electron chi connectivity index (χ4n) is 2.07. The van der Waals surface area contributed by atoms with E-state index in [2.05, 4.69) is 15.3 Å². The van der Waals surface area contributed by atoms with Gasteiger partial charge in [0.05, 0.1) is 22.9 Å². The van der Waals surface area contributed by atoms with E-state index < -0.39 is 0 Å². The first-order valence-electron chi connectivity index (χ1n) is 6.55. The second kappa shape index (κ2) is 5.18. The maximum absolute atomic E-state index is 7.52. The van der Waals surface area contributed by atoms with Gasteiger partial charge in [-0.05, 0) is 31.4 Å². The zero-order chi connectivity index (χ0) is 13.1. The Balaban J connectivity index is 1.89. The predicted octanol–water partition coefficient (Wildman–Crippen LogP) is 2.76. The van der Waals surface area contributed by atoms with Crippen LogP contribution in [0.3, 0.4) is 0 Å². The lowest BCUT2D eigenvalue weighted by atomic mass is 9.93. The van der Waals surface area contributed by atoms with Gasteiger partial charge in [0.15, 0.2) is 0 Å². The lowest BCUT2D eigenvalue weighted by molar-refractivity contribution is 0.373. The van der Waals surface area contributed by atoms with Gasteiger partial charge in [-0.1, -0.05) is 12.1 Å². The molecule has 3 rings (SSSR count). The first kappa shape index (κ1) is 11.8. The average molecular weight is 252 g/mol.